The molecule has 2 saturated heterocycles. The van der Waals surface area contributed by atoms with E-state index >= 15 is 0 Å². The van der Waals surface area contributed by atoms with Crippen LogP contribution in [0.4, 0.5) is 0 Å². The normalized spacial score (nSPS) is 35.3. The van der Waals surface area contributed by atoms with E-state index in [9.17, 15) is 0 Å². The lowest BCUT2D eigenvalue weighted by Crippen LogP contribution is -2.44. The molecule has 0 N–H and O–H groups in total. The summed E-state index contributed by atoms with van der Waals surface area (Å²) in [5.41, 5.74) is 0. The Balaban J connectivity index is 1.33. The zero-order valence-corrected chi connectivity index (χ0v) is 22.7. The maximum absolute atomic E-state index is 6.68. The van der Waals surface area contributed by atoms with Crippen molar-refractivity contribution in [3.05, 3.63) is 24.3 Å². The molecular formula is C32H55NO2. The summed E-state index contributed by atoms with van der Waals surface area (Å²) in [6, 6.07) is 0.602. The summed E-state index contributed by atoms with van der Waals surface area (Å²) in [5.74, 6) is 0.805. The van der Waals surface area contributed by atoms with E-state index in [0.29, 0.717) is 24.4 Å². The molecule has 3 heterocycles. The lowest BCUT2D eigenvalue weighted by Gasteiger charge is -2.38. The molecule has 3 nitrogen and oxygen atoms in total. The lowest BCUT2D eigenvalue weighted by atomic mass is 9.97. The number of hydrogen-bond donors (Lipinski definition) is 0. The van der Waals surface area contributed by atoms with Crippen molar-refractivity contribution in [1.29, 1.82) is 0 Å². The van der Waals surface area contributed by atoms with E-state index in [1.807, 2.05) is 0 Å². The summed E-state index contributed by atoms with van der Waals surface area (Å²) in [7, 11) is 0. The number of ether oxygens (including phenoxy) is 2. The summed E-state index contributed by atoms with van der Waals surface area (Å²) in [4.78, 5) is 2.75. The smallest absolute Gasteiger partial charge is 0.0756 e. The van der Waals surface area contributed by atoms with Gasteiger partial charge in [-0.1, -0.05) is 62.8 Å². The summed E-state index contributed by atoms with van der Waals surface area (Å²) in [6.07, 6.45) is 37.4. The molecule has 4 atom stereocenters. The van der Waals surface area contributed by atoms with Crippen LogP contribution in [-0.2, 0) is 9.47 Å². The average Bonchev–Trinajstić information content (AvgIpc) is 3.41. The topological polar surface area (TPSA) is 21.7 Å². The fraction of sp³-hybridized carbons (Fsp3) is 0.875. The minimum absolute atomic E-state index is 0.312. The van der Waals surface area contributed by atoms with Gasteiger partial charge in [0.05, 0.1) is 24.9 Å². The van der Waals surface area contributed by atoms with Gasteiger partial charge in [0.25, 0.3) is 0 Å². The summed E-state index contributed by atoms with van der Waals surface area (Å²) in [6.45, 7) is 3.36. The first kappa shape index (κ1) is 27.4. The maximum Gasteiger partial charge on any atom is 0.0756 e. The Morgan fingerprint density at radius 1 is 0.571 bits per heavy atom. The van der Waals surface area contributed by atoms with Crippen LogP contribution in [0.5, 0.6) is 0 Å². The first-order valence-electron chi connectivity index (χ1n) is 15.7. The van der Waals surface area contributed by atoms with Crippen molar-refractivity contribution in [1.82, 2.24) is 4.90 Å². The highest BCUT2D eigenvalue weighted by molar-refractivity contribution is 4.96. The molecule has 2 bridgehead atoms. The van der Waals surface area contributed by atoms with Crippen LogP contribution in [0.15, 0.2) is 24.3 Å². The second-order valence-electron chi connectivity index (χ2n) is 12.0. The number of nitrogens with zero attached hydrogens (tertiary/aromatic N) is 1. The highest BCUT2D eigenvalue weighted by atomic mass is 16.5. The van der Waals surface area contributed by atoms with Crippen molar-refractivity contribution in [2.75, 3.05) is 19.7 Å². The van der Waals surface area contributed by atoms with Crippen molar-refractivity contribution < 1.29 is 9.47 Å². The molecule has 200 valence electrons. The Bertz CT molecular complexity index is 611. The molecule has 3 aliphatic heterocycles. The van der Waals surface area contributed by atoms with Crippen LogP contribution in [-0.4, -0.2) is 49.0 Å². The lowest BCUT2D eigenvalue weighted by molar-refractivity contribution is -0.0644. The molecule has 1 saturated carbocycles. The van der Waals surface area contributed by atoms with Crippen LogP contribution in [0.2, 0.25) is 0 Å². The molecule has 0 aromatic heterocycles. The molecule has 3 heteroatoms. The second kappa shape index (κ2) is 16.3. The van der Waals surface area contributed by atoms with Gasteiger partial charge >= 0.3 is 0 Å². The second-order valence-corrected chi connectivity index (χ2v) is 12.0. The van der Waals surface area contributed by atoms with Crippen LogP contribution >= 0.6 is 0 Å². The minimum atomic E-state index is 0.312. The zero-order valence-electron chi connectivity index (χ0n) is 22.7. The third kappa shape index (κ3) is 10.3. The van der Waals surface area contributed by atoms with E-state index in [1.54, 1.807) is 0 Å². The van der Waals surface area contributed by atoms with E-state index < -0.39 is 0 Å². The van der Waals surface area contributed by atoms with Gasteiger partial charge in [-0.25, -0.2) is 0 Å². The zero-order chi connectivity index (χ0) is 24.0. The Kier molecular flexibility index (Phi) is 12.7. The predicted octanol–water partition coefficient (Wildman–Crippen LogP) is 8.38. The van der Waals surface area contributed by atoms with Crippen LogP contribution in [0.25, 0.3) is 0 Å². The molecule has 0 aromatic rings. The van der Waals surface area contributed by atoms with Gasteiger partial charge in [0.1, 0.15) is 0 Å². The van der Waals surface area contributed by atoms with Crippen molar-refractivity contribution in [2.24, 2.45) is 5.92 Å². The van der Waals surface area contributed by atoms with Gasteiger partial charge in [-0.15, -0.1) is 0 Å². The van der Waals surface area contributed by atoms with Gasteiger partial charge in [-0.05, 0) is 102 Å². The molecule has 0 aromatic carbocycles. The molecule has 3 fully saturated rings. The third-order valence-electron chi connectivity index (χ3n) is 9.10. The Morgan fingerprint density at radius 2 is 1.26 bits per heavy atom. The van der Waals surface area contributed by atoms with Crippen LogP contribution in [0.3, 0.4) is 0 Å². The van der Waals surface area contributed by atoms with Gasteiger partial charge < -0.3 is 9.47 Å². The molecule has 35 heavy (non-hydrogen) atoms. The summed E-state index contributed by atoms with van der Waals surface area (Å²) < 4.78 is 13.3. The highest BCUT2D eigenvalue weighted by Gasteiger charge is 2.27. The van der Waals surface area contributed by atoms with E-state index in [0.717, 1.165) is 12.5 Å². The molecule has 4 aliphatic rings. The third-order valence-corrected chi connectivity index (χ3v) is 9.10. The number of fused-ring (bicyclic) bond motifs is 3. The number of rotatable bonds is 2. The van der Waals surface area contributed by atoms with Crippen molar-refractivity contribution in [3.63, 3.8) is 0 Å². The Labute approximate surface area is 217 Å². The van der Waals surface area contributed by atoms with Gasteiger partial charge in [-0.3, -0.25) is 4.90 Å². The molecule has 0 radical (unpaired) electrons. The maximum atomic E-state index is 6.68. The quantitative estimate of drug-likeness (QED) is 0.367. The Morgan fingerprint density at radius 3 is 2.11 bits per heavy atom. The fourth-order valence-electron chi connectivity index (χ4n) is 6.81. The average molecular weight is 486 g/mol. The number of allylic oxidation sites excluding steroid dienone is 3. The monoisotopic (exact) mass is 485 g/mol. The van der Waals surface area contributed by atoms with Crippen molar-refractivity contribution in [3.8, 4) is 0 Å². The number of piperidine rings is 1. The van der Waals surface area contributed by atoms with Gasteiger partial charge in [0.2, 0.25) is 0 Å². The minimum Gasteiger partial charge on any atom is -0.375 e. The number of hydrogen-bond acceptors (Lipinski definition) is 3. The van der Waals surface area contributed by atoms with E-state index in [1.165, 1.54) is 142 Å². The van der Waals surface area contributed by atoms with Crippen LogP contribution in [0.1, 0.15) is 128 Å². The molecule has 1 aliphatic carbocycles. The summed E-state index contributed by atoms with van der Waals surface area (Å²) >= 11 is 0. The van der Waals surface area contributed by atoms with Crippen LogP contribution < -0.4 is 0 Å². The standard InChI is InChI=1S/C32H55NO2/c1-2-4-6-8-18-30(23-22-28-15-10-11-16-28)34-27-29-17-12-13-25-33(29)26-24-32-21-14-20-31(35-32)19-9-7-5-3-1/h1,3,22-23,28-32H,2,4-21,24-27H2/b3-1-,23-22?. The molecular weight excluding hydrogens is 430 g/mol. The largest absolute Gasteiger partial charge is 0.375 e. The van der Waals surface area contributed by atoms with Gasteiger partial charge in [0.15, 0.2) is 0 Å². The SMILES string of the molecule is C(=CC1CCCCC/C=C\CCCCC2CCCC(CCN3CCCCC3CO1)O2)C1CCCC1. The first-order chi connectivity index (χ1) is 17.4. The van der Waals surface area contributed by atoms with Crippen molar-refractivity contribution in [2.45, 2.75) is 153 Å². The van der Waals surface area contributed by atoms with Gasteiger partial charge in [0, 0.05) is 12.6 Å². The van der Waals surface area contributed by atoms with Crippen LogP contribution in [0, 0.1) is 5.92 Å². The molecule has 4 unspecified atom stereocenters. The van der Waals surface area contributed by atoms with E-state index in [4.69, 9.17) is 9.47 Å². The molecule has 4 rings (SSSR count). The molecule has 0 spiro atoms. The predicted molar refractivity (Wildman–Crippen MR) is 148 cm³/mol. The first-order valence-corrected chi connectivity index (χ1v) is 15.7. The molecule has 0 amide bonds. The Hall–Kier alpha value is -0.640. The summed E-state index contributed by atoms with van der Waals surface area (Å²) in [5, 5.41) is 0. The van der Waals surface area contributed by atoms with E-state index in [-0.39, 0.29) is 0 Å². The fourth-order valence-corrected chi connectivity index (χ4v) is 6.81. The van der Waals surface area contributed by atoms with Crippen molar-refractivity contribution >= 4 is 0 Å². The highest BCUT2D eigenvalue weighted by Crippen LogP contribution is 2.28. The van der Waals surface area contributed by atoms with E-state index in [2.05, 4.69) is 29.2 Å². The van der Waals surface area contributed by atoms with Gasteiger partial charge in [-0.2, -0.15) is 0 Å².